The molecule has 0 bridgehead atoms. The minimum absolute atomic E-state index is 0.122. The highest BCUT2D eigenvalue weighted by Gasteiger charge is 2.10. The third-order valence-electron chi connectivity index (χ3n) is 2.18. The molecule has 0 saturated carbocycles. The van der Waals surface area contributed by atoms with Gasteiger partial charge in [-0.05, 0) is 25.5 Å². The SMILES string of the molecule is C[C@H](CO)N[C@H](C)c1ccccc1Br. The molecule has 0 radical (unpaired) electrons. The fourth-order valence-electron chi connectivity index (χ4n) is 1.40. The molecule has 2 N–H and O–H groups in total. The third-order valence-corrected chi connectivity index (χ3v) is 2.90. The Hall–Kier alpha value is -0.380. The van der Waals surface area contributed by atoms with Gasteiger partial charge < -0.3 is 10.4 Å². The molecule has 0 amide bonds. The summed E-state index contributed by atoms with van der Waals surface area (Å²) in [6.45, 7) is 4.22. The third kappa shape index (κ3) is 3.08. The van der Waals surface area contributed by atoms with Crippen molar-refractivity contribution in [1.29, 1.82) is 0 Å². The number of aliphatic hydroxyl groups excluding tert-OH is 1. The predicted octanol–water partition coefficient (Wildman–Crippen LogP) is 2.48. The highest BCUT2D eigenvalue weighted by Crippen LogP contribution is 2.22. The summed E-state index contributed by atoms with van der Waals surface area (Å²) in [6.07, 6.45) is 0. The number of hydrogen-bond acceptors (Lipinski definition) is 2. The number of aliphatic hydroxyl groups is 1. The number of halogens is 1. The van der Waals surface area contributed by atoms with Crippen molar-refractivity contribution < 1.29 is 5.11 Å². The molecule has 14 heavy (non-hydrogen) atoms. The van der Waals surface area contributed by atoms with Gasteiger partial charge in [-0.15, -0.1) is 0 Å². The van der Waals surface area contributed by atoms with Gasteiger partial charge in [-0.1, -0.05) is 34.1 Å². The van der Waals surface area contributed by atoms with Crippen molar-refractivity contribution in [3.63, 3.8) is 0 Å². The molecule has 0 aromatic heterocycles. The molecule has 0 unspecified atom stereocenters. The average molecular weight is 258 g/mol. The summed E-state index contributed by atoms with van der Waals surface area (Å²) in [6, 6.07) is 8.48. The van der Waals surface area contributed by atoms with Crippen molar-refractivity contribution in [2.75, 3.05) is 6.61 Å². The van der Waals surface area contributed by atoms with Crippen molar-refractivity contribution in [3.05, 3.63) is 34.3 Å². The molecule has 1 rings (SSSR count). The summed E-state index contributed by atoms with van der Waals surface area (Å²) in [4.78, 5) is 0. The number of benzene rings is 1. The first-order chi connectivity index (χ1) is 6.65. The van der Waals surface area contributed by atoms with Crippen molar-refractivity contribution in [2.45, 2.75) is 25.9 Å². The molecule has 1 aromatic carbocycles. The van der Waals surface area contributed by atoms with Crippen LogP contribution in [-0.2, 0) is 0 Å². The zero-order valence-electron chi connectivity index (χ0n) is 8.50. The van der Waals surface area contributed by atoms with E-state index >= 15 is 0 Å². The molecule has 0 aliphatic heterocycles. The standard InChI is InChI=1S/C11H16BrNO/c1-8(7-14)13-9(2)10-5-3-4-6-11(10)12/h3-6,8-9,13-14H,7H2,1-2H3/t8-,9-/m1/s1. The van der Waals surface area contributed by atoms with Crippen LogP contribution in [0.15, 0.2) is 28.7 Å². The Bertz CT molecular complexity index is 290. The van der Waals surface area contributed by atoms with Crippen LogP contribution in [-0.4, -0.2) is 17.8 Å². The quantitative estimate of drug-likeness (QED) is 0.869. The predicted molar refractivity (Wildman–Crippen MR) is 62.2 cm³/mol. The van der Waals surface area contributed by atoms with Gasteiger partial charge in [0.05, 0.1) is 6.61 Å². The molecule has 1 aromatic rings. The van der Waals surface area contributed by atoms with Gasteiger partial charge in [-0.3, -0.25) is 0 Å². The smallest absolute Gasteiger partial charge is 0.0582 e. The van der Waals surface area contributed by atoms with Crippen molar-refractivity contribution in [1.82, 2.24) is 5.32 Å². The molecule has 0 saturated heterocycles. The second kappa shape index (κ2) is 5.49. The molecule has 0 aliphatic carbocycles. The lowest BCUT2D eigenvalue weighted by molar-refractivity contribution is 0.243. The molecule has 78 valence electrons. The molecular weight excluding hydrogens is 242 g/mol. The summed E-state index contributed by atoms with van der Waals surface area (Å²) in [7, 11) is 0. The van der Waals surface area contributed by atoms with Gasteiger partial charge >= 0.3 is 0 Å². The molecule has 0 fully saturated rings. The monoisotopic (exact) mass is 257 g/mol. The van der Waals surface area contributed by atoms with Crippen LogP contribution >= 0.6 is 15.9 Å². The topological polar surface area (TPSA) is 32.3 Å². The maximum absolute atomic E-state index is 8.93. The molecule has 0 heterocycles. The van der Waals surface area contributed by atoms with E-state index in [1.807, 2.05) is 25.1 Å². The molecule has 2 nitrogen and oxygen atoms in total. The van der Waals surface area contributed by atoms with Gasteiger partial charge in [-0.2, -0.15) is 0 Å². The highest BCUT2D eigenvalue weighted by molar-refractivity contribution is 9.10. The summed E-state index contributed by atoms with van der Waals surface area (Å²) < 4.78 is 1.10. The van der Waals surface area contributed by atoms with Crippen LogP contribution in [0.25, 0.3) is 0 Å². The van der Waals surface area contributed by atoms with Crippen LogP contribution in [0.4, 0.5) is 0 Å². The van der Waals surface area contributed by atoms with E-state index in [0.717, 1.165) is 4.47 Å². The molecular formula is C11H16BrNO. The van der Waals surface area contributed by atoms with E-state index in [1.165, 1.54) is 5.56 Å². The van der Waals surface area contributed by atoms with Crippen molar-refractivity contribution >= 4 is 15.9 Å². The Morgan fingerprint density at radius 2 is 2.00 bits per heavy atom. The van der Waals surface area contributed by atoms with E-state index in [-0.39, 0.29) is 18.7 Å². The summed E-state index contributed by atoms with van der Waals surface area (Å²) in [5.41, 5.74) is 1.22. The van der Waals surface area contributed by atoms with Gasteiger partial charge in [0.2, 0.25) is 0 Å². The van der Waals surface area contributed by atoms with Crippen molar-refractivity contribution in [3.8, 4) is 0 Å². The van der Waals surface area contributed by atoms with Crippen LogP contribution in [0, 0.1) is 0 Å². The maximum atomic E-state index is 8.93. The first kappa shape index (κ1) is 11.7. The Morgan fingerprint density at radius 3 is 2.57 bits per heavy atom. The first-order valence-corrected chi connectivity index (χ1v) is 5.55. The number of hydrogen-bond donors (Lipinski definition) is 2. The fraction of sp³-hybridized carbons (Fsp3) is 0.455. The Kier molecular flexibility index (Phi) is 4.58. The Morgan fingerprint density at radius 1 is 1.36 bits per heavy atom. The summed E-state index contributed by atoms with van der Waals surface area (Å²) in [5.74, 6) is 0. The van der Waals surface area contributed by atoms with Crippen molar-refractivity contribution in [2.24, 2.45) is 0 Å². The van der Waals surface area contributed by atoms with Crippen LogP contribution in [0.2, 0.25) is 0 Å². The van der Waals surface area contributed by atoms with Gasteiger partial charge in [0, 0.05) is 16.6 Å². The molecule has 3 heteroatoms. The fourth-order valence-corrected chi connectivity index (χ4v) is 2.02. The van der Waals surface area contributed by atoms with Gasteiger partial charge in [0.25, 0.3) is 0 Å². The van der Waals surface area contributed by atoms with E-state index in [1.54, 1.807) is 0 Å². The van der Waals surface area contributed by atoms with Crippen LogP contribution in [0.5, 0.6) is 0 Å². The average Bonchev–Trinajstić information content (AvgIpc) is 2.18. The highest BCUT2D eigenvalue weighted by atomic mass is 79.9. The zero-order chi connectivity index (χ0) is 10.6. The molecule has 0 spiro atoms. The van der Waals surface area contributed by atoms with E-state index in [4.69, 9.17) is 5.11 Å². The van der Waals surface area contributed by atoms with E-state index in [0.29, 0.717) is 0 Å². The molecule has 2 atom stereocenters. The maximum Gasteiger partial charge on any atom is 0.0582 e. The van der Waals surface area contributed by atoms with Crippen LogP contribution in [0.3, 0.4) is 0 Å². The second-order valence-corrected chi connectivity index (χ2v) is 4.35. The summed E-state index contributed by atoms with van der Waals surface area (Å²) >= 11 is 3.51. The lowest BCUT2D eigenvalue weighted by Gasteiger charge is -2.19. The second-order valence-electron chi connectivity index (χ2n) is 3.49. The molecule has 0 aliphatic rings. The van der Waals surface area contributed by atoms with E-state index in [9.17, 15) is 0 Å². The zero-order valence-corrected chi connectivity index (χ0v) is 10.1. The number of nitrogens with one attached hydrogen (secondary N) is 1. The van der Waals surface area contributed by atoms with Gasteiger partial charge in [0.15, 0.2) is 0 Å². The first-order valence-electron chi connectivity index (χ1n) is 4.76. The minimum Gasteiger partial charge on any atom is -0.395 e. The normalized spacial score (nSPS) is 15.1. The number of rotatable bonds is 4. The van der Waals surface area contributed by atoms with E-state index < -0.39 is 0 Å². The van der Waals surface area contributed by atoms with Gasteiger partial charge in [-0.25, -0.2) is 0 Å². The lowest BCUT2D eigenvalue weighted by Crippen LogP contribution is -2.31. The Labute approximate surface area is 93.5 Å². The lowest BCUT2D eigenvalue weighted by atomic mass is 10.1. The minimum atomic E-state index is 0.122. The van der Waals surface area contributed by atoms with Gasteiger partial charge in [0.1, 0.15) is 0 Å². The van der Waals surface area contributed by atoms with E-state index in [2.05, 4.69) is 34.2 Å². The van der Waals surface area contributed by atoms with Crippen LogP contribution < -0.4 is 5.32 Å². The Balaban J connectivity index is 2.69. The summed E-state index contributed by atoms with van der Waals surface area (Å²) in [5, 5.41) is 12.2. The van der Waals surface area contributed by atoms with Crippen LogP contribution in [0.1, 0.15) is 25.5 Å². The largest absolute Gasteiger partial charge is 0.395 e.